The fourth-order valence-corrected chi connectivity index (χ4v) is 2.63. The number of hydrogen-bond donors (Lipinski definition) is 1. The highest BCUT2D eigenvalue weighted by Crippen LogP contribution is 2.12. The van der Waals surface area contributed by atoms with Crippen LogP contribution in [0.2, 0.25) is 0 Å². The molecular formula is C11H16O3S. The van der Waals surface area contributed by atoms with Crippen molar-refractivity contribution in [1.29, 1.82) is 0 Å². The molecule has 0 bridgehead atoms. The minimum Gasteiger partial charge on any atom is -0.393 e. The van der Waals surface area contributed by atoms with Crippen LogP contribution in [0.15, 0.2) is 35.2 Å². The molecule has 0 saturated carbocycles. The third-order valence-corrected chi connectivity index (χ3v) is 4.06. The number of hydrogen-bond acceptors (Lipinski definition) is 3. The van der Waals surface area contributed by atoms with E-state index in [9.17, 15) is 13.5 Å². The third kappa shape index (κ3) is 3.64. The minimum absolute atomic E-state index is 0.00597. The summed E-state index contributed by atoms with van der Waals surface area (Å²) in [5.41, 5.74) is 0. The largest absolute Gasteiger partial charge is 0.393 e. The maximum Gasteiger partial charge on any atom is 0.178 e. The fraction of sp³-hybridized carbons (Fsp3) is 0.455. The Morgan fingerprint density at radius 1 is 1.27 bits per heavy atom. The molecule has 1 atom stereocenters. The van der Waals surface area contributed by atoms with Crippen molar-refractivity contribution >= 4 is 9.84 Å². The molecule has 3 nitrogen and oxygen atoms in total. The van der Waals surface area contributed by atoms with Crippen LogP contribution in [0, 0.1) is 0 Å². The van der Waals surface area contributed by atoms with Crippen LogP contribution in [0.3, 0.4) is 0 Å². The van der Waals surface area contributed by atoms with Gasteiger partial charge in [-0.2, -0.15) is 0 Å². The lowest BCUT2D eigenvalue weighted by Crippen LogP contribution is -2.14. The second-order valence-electron chi connectivity index (χ2n) is 3.48. The zero-order valence-corrected chi connectivity index (χ0v) is 9.57. The van der Waals surface area contributed by atoms with Gasteiger partial charge >= 0.3 is 0 Å². The molecular weight excluding hydrogens is 212 g/mol. The molecule has 0 radical (unpaired) electrons. The van der Waals surface area contributed by atoms with Gasteiger partial charge in [-0.25, -0.2) is 8.42 Å². The van der Waals surface area contributed by atoms with Crippen molar-refractivity contribution < 1.29 is 13.5 Å². The van der Waals surface area contributed by atoms with Gasteiger partial charge in [-0.1, -0.05) is 25.1 Å². The molecule has 0 saturated heterocycles. The Morgan fingerprint density at radius 2 is 1.87 bits per heavy atom. The Balaban J connectivity index is 2.69. The fourth-order valence-electron chi connectivity index (χ4n) is 1.24. The second-order valence-corrected chi connectivity index (χ2v) is 5.59. The maximum absolute atomic E-state index is 11.7. The van der Waals surface area contributed by atoms with Crippen LogP contribution in [0.25, 0.3) is 0 Å². The van der Waals surface area contributed by atoms with E-state index in [2.05, 4.69) is 0 Å². The first-order valence-electron chi connectivity index (χ1n) is 5.02. The predicted molar refractivity (Wildman–Crippen MR) is 59.4 cm³/mol. The molecule has 0 fully saturated rings. The first kappa shape index (κ1) is 12.2. The highest BCUT2D eigenvalue weighted by atomic mass is 32.2. The van der Waals surface area contributed by atoms with Gasteiger partial charge in [-0.3, -0.25) is 0 Å². The molecule has 0 spiro atoms. The van der Waals surface area contributed by atoms with Crippen LogP contribution in [-0.2, 0) is 9.84 Å². The zero-order chi connectivity index (χ0) is 11.3. The van der Waals surface area contributed by atoms with Crippen molar-refractivity contribution in [3.05, 3.63) is 30.3 Å². The summed E-state index contributed by atoms with van der Waals surface area (Å²) >= 11 is 0. The Bertz CT molecular complexity index is 384. The standard InChI is InChI=1S/C11H16O3S/c1-2-10(12)8-9-15(13,14)11-6-4-3-5-7-11/h3-7,10,12H,2,8-9H2,1H3/t10-/m0/s1. The maximum atomic E-state index is 11.7. The molecule has 15 heavy (non-hydrogen) atoms. The molecule has 0 unspecified atom stereocenters. The monoisotopic (exact) mass is 228 g/mol. The van der Waals surface area contributed by atoms with E-state index in [1.807, 2.05) is 6.92 Å². The van der Waals surface area contributed by atoms with Gasteiger partial charge in [0, 0.05) is 0 Å². The van der Waals surface area contributed by atoms with E-state index in [4.69, 9.17) is 0 Å². The lowest BCUT2D eigenvalue weighted by atomic mass is 10.2. The van der Waals surface area contributed by atoms with E-state index in [0.717, 1.165) is 0 Å². The Hall–Kier alpha value is -0.870. The summed E-state index contributed by atoms with van der Waals surface area (Å²) in [6.45, 7) is 1.83. The summed E-state index contributed by atoms with van der Waals surface area (Å²) in [6, 6.07) is 8.33. The summed E-state index contributed by atoms with van der Waals surface area (Å²) in [5, 5.41) is 9.30. The normalized spacial score (nSPS) is 13.7. The lowest BCUT2D eigenvalue weighted by molar-refractivity contribution is 0.167. The summed E-state index contributed by atoms with van der Waals surface area (Å²) in [4.78, 5) is 0.327. The summed E-state index contributed by atoms with van der Waals surface area (Å²) in [5.74, 6) is 0.00597. The molecule has 84 valence electrons. The first-order valence-corrected chi connectivity index (χ1v) is 6.67. The smallest absolute Gasteiger partial charge is 0.178 e. The van der Waals surface area contributed by atoms with Crippen molar-refractivity contribution in [3.8, 4) is 0 Å². The summed E-state index contributed by atoms with van der Waals surface area (Å²) in [6.07, 6.45) is 0.362. The van der Waals surface area contributed by atoms with Gasteiger partial charge in [0.1, 0.15) is 0 Å². The molecule has 0 aliphatic rings. The Kier molecular flexibility index (Phi) is 4.29. The molecule has 0 heterocycles. The van der Waals surface area contributed by atoms with Gasteiger partial charge in [0.25, 0.3) is 0 Å². The van der Waals surface area contributed by atoms with Crippen molar-refractivity contribution in [3.63, 3.8) is 0 Å². The number of aliphatic hydroxyl groups excluding tert-OH is 1. The number of aliphatic hydroxyl groups is 1. The van der Waals surface area contributed by atoms with Crippen molar-refractivity contribution in [2.45, 2.75) is 30.8 Å². The number of sulfone groups is 1. The van der Waals surface area contributed by atoms with Gasteiger partial charge in [-0.05, 0) is 25.0 Å². The Morgan fingerprint density at radius 3 is 2.40 bits per heavy atom. The van der Waals surface area contributed by atoms with E-state index in [-0.39, 0.29) is 5.75 Å². The molecule has 4 heteroatoms. The van der Waals surface area contributed by atoms with Crippen LogP contribution in [0.4, 0.5) is 0 Å². The van der Waals surface area contributed by atoms with Crippen molar-refractivity contribution in [1.82, 2.24) is 0 Å². The van der Waals surface area contributed by atoms with Crippen molar-refractivity contribution in [2.24, 2.45) is 0 Å². The van der Waals surface area contributed by atoms with E-state index < -0.39 is 15.9 Å². The van der Waals surface area contributed by atoms with Crippen LogP contribution < -0.4 is 0 Å². The van der Waals surface area contributed by atoms with Crippen LogP contribution in [-0.4, -0.2) is 25.4 Å². The van der Waals surface area contributed by atoms with Gasteiger partial charge in [-0.15, -0.1) is 0 Å². The molecule has 0 aliphatic carbocycles. The molecule has 0 aliphatic heterocycles. The SMILES string of the molecule is CC[C@H](O)CCS(=O)(=O)c1ccccc1. The number of benzene rings is 1. The predicted octanol–water partition coefficient (Wildman–Crippen LogP) is 1.62. The number of rotatable bonds is 5. The van der Waals surface area contributed by atoms with Gasteiger partial charge in [0.15, 0.2) is 9.84 Å². The van der Waals surface area contributed by atoms with Crippen molar-refractivity contribution in [2.75, 3.05) is 5.75 Å². The highest BCUT2D eigenvalue weighted by Gasteiger charge is 2.15. The molecule has 1 N–H and O–H groups in total. The van der Waals surface area contributed by atoms with Gasteiger partial charge < -0.3 is 5.11 Å². The first-order chi connectivity index (χ1) is 7.06. The van der Waals surface area contributed by atoms with E-state index in [0.29, 0.717) is 17.7 Å². The quantitative estimate of drug-likeness (QED) is 0.833. The summed E-state index contributed by atoms with van der Waals surface area (Å²) < 4.78 is 23.5. The van der Waals surface area contributed by atoms with E-state index in [1.165, 1.54) is 0 Å². The van der Waals surface area contributed by atoms with Crippen LogP contribution in [0.1, 0.15) is 19.8 Å². The second kappa shape index (κ2) is 5.28. The molecule has 0 amide bonds. The zero-order valence-electron chi connectivity index (χ0n) is 8.76. The average molecular weight is 228 g/mol. The lowest BCUT2D eigenvalue weighted by Gasteiger charge is -2.08. The van der Waals surface area contributed by atoms with Crippen LogP contribution in [0.5, 0.6) is 0 Å². The molecule has 1 aromatic rings. The topological polar surface area (TPSA) is 54.4 Å². The van der Waals surface area contributed by atoms with Crippen LogP contribution >= 0.6 is 0 Å². The molecule has 0 aromatic heterocycles. The molecule has 1 aromatic carbocycles. The van der Waals surface area contributed by atoms with Gasteiger partial charge in [0.2, 0.25) is 0 Å². The Labute approximate surface area is 90.7 Å². The third-order valence-electron chi connectivity index (χ3n) is 2.29. The summed E-state index contributed by atoms with van der Waals surface area (Å²) in [7, 11) is -3.23. The minimum atomic E-state index is -3.23. The average Bonchev–Trinajstić information content (AvgIpc) is 2.27. The van der Waals surface area contributed by atoms with Gasteiger partial charge in [0.05, 0.1) is 16.8 Å². The highest BCUT2D eigenvalue weighted by molar-refractivity contribution is 7.91. The molecule has 1 rings (SSSR count). The van der Waals surface area contributed by atoms with E-state index >= 15 is 0 Å². The van der Waals surface area contributed by atoms with E-state index in [1.54, 1.807) is 30.3 Å².